The second kappa shape index (κ2) is 13.9. The third-order valence-corrected chi connectivity index (χ3v) is 9.02. The van der Waals surface area contributed by atoms with Crippen molar-refractivity contribution >= 4 is 27.9 Å². The van der Waals surface area contributed by atoms with Crippen LogP contribution in [0.1, 0.15) is 36.0 Å². The van der Waals surface area contributed by atoms with Gasteiger partial charge in [0.25, 0.3) is 0 Å². The van der Waals surface area contributed by atoms with Crippen molar-refractivity contribution in [3.8, 4) is 11.1 Å². The number of cyclic esters (lactones) is 1. The highest BCUT2D eigenvalue weighted by Gasteiger charge is 2.46. The molecule has 0 aliphatic carbocycles. The highest BCUT2D eigenvalue weighted by Crippen LogP contribution is 2.40. The van der Waals surface area contributed by atoms with E-state index in [4.69, 9.17) is 14.2 Å². The minimum absolute atomic E-state index is 0.186. The summed E-state index contributed by atoms with van der Waals surface area (Å²) in [5.41, 5.74) is 5.31. The largest absolute Gasteiger partial charge is 0.447 e. The Labute approximate surface area is 267 Å². The highest BCUT2D eigenvalue weighted by molar-refractivity contribution is 9.10. The van der Waals surface area contributed by atoms with Gasteiger partial charge in [-0.05, 0) is 60.1 Å². The fourth-order valence-electron chi connectivity index (χ4n) is 6.21. The predicted octanol–water partition coefficient (Wildman–Crippen LogP) is 7.94. The van der Waals surface area contributed by atoms with Crippen LogP contribution in [0, 0.1) is 5.92 Å². The number of aryl methyl sites for hydroxylation is 1. The topological polar surface area (TPSA) is 65.1 Å². The third-order valence-electron chi connectivity index (χ3n) is 8.49. The lowest BCUT2D eigenvalue weighted by Gasteiger charge is -2.33. The van der Waals surface area contributed by atoms with E-state index in [9.17, 15) is 9.59 Å². The number of amides is 2. The Morgan fingerprint density at radius 2 is 1.41 bits per heavy atom. The van der Waals surface area contributed by atoms with Crippen molar-refractivity contribution in [3.05, 3.63) is 130 Å². The van der Waals surface area contributed by atoms with Crippen LogP contribution < -0.4 is 0 Å². The summed E-state index contributed by atoms with van der Waals surface area (Å²) in [6.45, 7) is 1.05. The molecule has 2 heterocycles. The summed E-state index contributed by atoms with van der Waals surface area (Å²) in [4.78, 5) is 28.7. The average Bonchev–Trinajstić information content (AvgIpc) is 3.68. The van der Waals surface area contributed by atoms with E-state index in [1.807, 2.05) is 72.8 Å². The zero-order chi connectivity index (χ0) is 30.4. The van der Waals surface area contributed by atoms with Crippen molar-refractivity contribution in [2.75, 3.05) is 19.8 Å². The van der Waals surface area contributed by atoms with Gasteiger partial charge in [0.15, 0.2) is 5.79 Å². The molecule has 4 aromatic carbocycles. The Kier molecular flexibility index (Phi) is 9.55. The number of imide groups is 1. The van der Waals surface area contributed by atoms with Crippen LogP contribution in [-0.4, -0.2) is 42.8 Å². The zero-order valence-corrected chi connectivity index (χ0v) is 26.2. The Bertz CT molecular complexity index is 1540. The molecule has 226 valence electrons. The first kappa shape index (κ1) is 30.3. The number of halogens is 1. The minimum atomic E-state index is -1.08. The van der Waals surface area contributed by atoms with Crippen molar-refractivity contribution in [2.24, 2.45) is 5.92 Å². The predicted molar refractivity (Wildman–Crippen MR) is 173 cm³/mol. The fourth-order valence-corrected chi connectivity index (χ4v) is 6.48. The van der Waals surface area contributed by atoms with Gasteiger partial charge < -0.3 is 14.2 Å². The summed E-state index contributed by atoms with van der Waals surface area (Å²) in [7, 11) is 0. The average molecular weight is 655 g/mol. The van der Waals surface area contributed by atoms with Crippen LogP contribution in [0.5, 0.6) is 0 Å². The summed E-state index contributed by atoms with van der Waals surface area (Å²) < 4.78 is 19.1. The van der Waals surface area contributed by atoms with Gasteiger partial charge in [-0.15, -0.1) is 0 Å². The lowest BCUT2D eigenvalue weighted by Crippen LogP contribution is -2.45. The van der Waals surface area contributed by atoms with Crippen molar-refractivity contribution < 1.29 is 23.8 Å². The molecule has 2 aliphatic rings. The van der Waals surface area contributed by atoms with Gasteiger partial charge in [0.2, 0.25) is 5.91 Å². The molecule has 0 N–H and O–H groups in total. The quantitative estimate of drug-likeness (QED) is 0.164. The van der Waals surface area contributed by atoms with E-state index in [-0.39, 0.29) is 18.6 Å². The molecule has 44 heavy (non-hydrogen) atoms. The first-order chi connectivity index (χ1) is 21.5. The molecule has 2 saturated heterocycles. The monoisotopic (exact) mass is 653 g/mol. The van der Waals surface area contributed by atoms with Crippen LogP contribution in [0.15, 0.2) is 114 Å². The Morgan fingerprint density at radius 3 is 2.05 bits per heavy atom. The molecule has 2 atom stereocenters. The maximum Gasteiger partial charge on any atom is 0.416 e. The molecule has 6 rings (SSSR count). The van der Waals surface area contributed by atoms with Crippen LogP contribution >= 0.6 is 15.9 Å². The number of rotatable bonds is 11. The fraction of sp³-hybridized carbons (Fsp3) is 0.297. The van der Waals surface area contributed by atoms with Gasteiger partial charge >= 0.3 is 6.09 Å². The highest BCUT2D eigenvalue weighted by atomic mass is 79.9. The molecule has 6 nitrogen and oxygen atoms in total. The van der Waals surface area contributed by atoms with E-state index >= 15 is 0 Å². The van der Waals surface area contributed by atoms with Crippen LogP contribution in [0.25, 0.3) is 11.1 Å². The van der Waals surface area contributed by atoms with E-state index in [0.717, 1.165) is 39.6 Å². The van der Waals surface area contributed by atoms with E-state index in [1.54, 1.807) is 0 Å². The molecule has 0 saturated carbocycles. The molecular formula is C37H36BrNO5. The summed E-state index contributed by atoms with van der Waals surface area (Å²) in [6.07, 6.45) is 2.47. The van der Waals surface area contributed by atoms with Crippen LogP contribution in [0.2, 0.25) is 0 Å². The van der Waals surface area contributed by atoms with Crippen LogP contribution in [0.4, 0.5) is 4.79 Å². The van der Waals surface area contributed by atoms with E-state index in [2.05, 4.69) is 52.3 Å². The van der Waals surface area contributed by atoms with Crippen molar-refractivity contribution in [2.45, 2.75) is 43.9 Å². The van der Waals surface area contributed by atoms with Gasteiger partial charge in [-0.2, -0.15) is 0 Å². The maximum absolute atomic E-state index is 14.3. The molecule has 2 amide bonds. The van der Waals surface area contributed by atoms with Crippen molar-refractivity contribution in [3.63, 3.8) is 0 Å². The smallest absolute Gasteiger partial charge is 0.416 e. The summed E-state index contributed by atoms with van der Waals surface area (Å²) >= 11 is 3.50. The van der Waals surface area contributed by atoms with Gasteiger partial charge in [0, 0.05) is 22.4 Å². The molecular weight excluding hydrogens is 618 g/mol. The number of hydrogen-bond acceptors (Lipinski definition) is 5. The Morgan fingerprint density at radius 1 is 0.818 bits per heavy atom. The number of hydrogen-bond donors (Lipinski definition) is 0. The van der Waals surface area contributed by atoms with Crippen molar-refractivity contribution in [1.29, 1.82) is 0 Å². The minimum Gasteiger partial charge on any atom is -0.447 e. The normalized spacial score (nSPS) is 18.2. The summed E-state index contributed by atoms with van der Waals surface area (Å²) in [6, 6.07) is 36.2. The first-order valence-electron chi connectivity index (χ1n) is 15.2. The second-order valence-corrected chi connectivity index (χ2v) is 12.4. The molecule has 0 aromatic heterocycles. The zero-order valence-electron chi connectivity index (χ0n) is 24.6. The lowest BCUT2D eigenvalue weighted by molar-refractivity contribution is -0.183. The molecule has 2 aliphatic heterocycles. The van der Waals surface area contributed by atoms with E-state index < -0.39 is 17.8 Å². The third kappa shape index (κ3) is 6.96. The number of nitrogens with zero attached hydrogens (tertiary/aromatic N) is 1. The van der Waals surface area contributed by atoms with Gasteiger partial charge in [-0.1, -0.05) is 113 Å². The molecule has 7 heteroatoms. The lowest BCUT2D eigenvalue weighted by atomic mass is 9.87. The Hall–Kier alpha value is -3.78. The Balaban J connectivity index is 1.26. The number of ether oxygens (including phenoxy) is 3. The molecule has 4 aromatic rings. The molecule has 0 radical (unpaired) electrons. The molecule has 1 unspecified atom stereocenters. The van der Waals surface area contributed by atoms with Gasteiger partial charge in [-0.25, -0.2) is 9.69 Å². The van der Waals surface area contributed by atoms with Crippen molar-refractivity contribution in [1.82, 2.24) is 4.90 Å². The van der Waals surface area contributed by atoms with Gasteiger partial charge in [0.1, 0.15) is 6.61 Å². The number of benzene rings is 4. The first-order valence-corrected chi connectivity index (χ1v) is 16.0. The molecule has 2 fully saturated rings. The summed E-state index contributed by atoms with van der Waals surface area (Å²) in [5, 5.41) is 0. The van der Waals surface area contributed by atoms with Gasteiger partial charge in [-0.3, -0.25) is 4.79 Å². The second-order valence-electron chi connectivity index (χ2n) is 11.4. The number of carbonyl (C=O) groups excluding carboxylic acids is 2. The van der Waals surface area contributed by atoms with E-state index in [1.165, 1.54) is 10.5 Å². The molecule has 0 bridgehead atoms. The van der Waals surface area contributed by atoms with Crippen LogP contribution in [-0.2, 0) is 37.6 Å². The maximum atomic E-state index is 14.3. The SMILES string of the molecule is O=C1OCC(Cc2ccccc2)N1C(=O)[C@@H](CCCc1ccccc1)CC1(c2ccc(-c3ccc(Br)cc3)cc2)OCCO1. The van der Waals surface area contributed by atoms with E-state index in [0.29, 0.717) is 32.5 Å². The number of carbonyl (C=O) groups is 2. The molecule has 0 spiro atoms. The standard InChI is InChI=1S/C37H36BrNO5/c38-33-20-16-30(17-21-33)29-14-18-32(19-15-29)37(43-22-23-44-37)25-31(13-7-12-27-8-3-1-4-9-27)35(40)39-34(26-42-36(39)41)24-28-10-5-2-6-11-28/h1-6,8-11,14-21,31,34H,7,12-13,22-26H2/t31-,34?/m0/s1. The van der Waals surface area contributed by atoms with Crippen LogP contribution in [0.3, 0.4) is 0 Å². The van der Waals surface area contributed by atoms with Gasteiger partial charge in [0.05, 0.1) is 19.3 Å². The summed E-state index contributed by atoms with van der Waals surface area (Å²) in [5.74, 6) is -1.82.